The van der Waals surface area contributed by atoms with Gasteiger partial charge in [0.1, 0.15) is 5.75 Å². The molecule has 0 aromatic heterocycles. The van der Waals surface area contributed by atoms with Gasteiger partial charge in [-0.2, -0.15) is 0 Å². The summed E-state index contributed by atoms with van der Waals surface area (Å²) in [5, 5.41) is 0. The van der Waals surface area contributed by atoms with Gasteiger partial charge in [0, 0.05) is 32.1 Å². The zero-order valence-electron chi connectivity index (χ0n) is 11.6. The van der Waals surface area contributed by atoms with E-state index in [1.54, 1.807) is 19.1 Å². The number of hydrogen-bond acceptors (Lipinski definition) is 3. The van der Waals surface area contributed by atoms with E-state index in [0.29, 0.717) is 19.5 Å². The molecule has 1 aromatic carbocycles. The molecule has 0 fully saturated rings. The standard InChI is InChI=1S/C14H22N2O2/c1-10-7-11(2)14(18-4)12(8-10)9-16(3)13(17)5-6-15/h7-8H,5-6,9,15H2,1-4H3. The highest BCUT2D eigenvalue weighted by Gasteiger charge is 2.13. The fourth-order valence-corrected chi connectivity index (χ4v) is 2.11. The van der Waals surface area contributed by atoms with Crippen LogP contribution in [-0.2, 0) is 11.3 Å². The number of rotatable bonds is 5. The van der Waals surface area contributed by atoms with E-state index in [1.165, 1.54) is 5.56 Å². The molecule has 0 aliphatic carbocycles. The molecular weight excluding hydrogens is 228 g/mol. The van der Waals surface area contributed by atoms with Crippen molar-refractivity contribution in [3.8, 4) is 5.75 Å². The summed E-state index contributed by atoms with van der Waals surface area (Å²) in [6.07, 6.45) is 0.379. The number of methoxy groups -OCH3 is 1. The van der Waals surface area contributed by atoms with Crippen LogP contribution in [-0.4, -0.2) is 31.5 Å². The SMILES string of the molecule is COc1c(C)cc(C)cc1CN(C)C(=O)CCN. The largest absolute Gasteiger partial charge is 0.496 e. The molecule has 0 unspecified atom stereocenters. The number of aryl methyl sites for hydroxylation is 2. The van der Waals surface area contributed by atoms with E-state index in [4.69, 9.17) is 10.5 Å². The van der Waals surface area contributed by atoms with Crippen molar-refractivity contribution < 1.29 is 9.53 Å². The molecule has 0 aliphatic heterocycles. The minimum Gasteiger partial charge on any atom is -0.496 e. The first-order chi connectivity index (χ1) is 8.49. The van der Waals surface area contributed by atoms with E-state index in [9.17, 15) is 4.79 Å². The molecule has 1 amide bonds. The van der Waals surface area contributed by atoms with Crippen LogP contribution in [0.5, 0.6) is 5.75 Å². The molecule has 100 valence electrons. The lowest BCUT2D eigenvalue weighted by Gasteiger charge is -2.20. The second kappa shape index (κ2) is 6.40. The van der Waals surface area contributed by atoms with E-state index in [-0.39, 0.29) is 5.91 Å². The predicted octanol–water partition coefficient (Wildman–Crippen LogP) is 1.62. The first-order valence-corrected chi connectivity index (χ1v) is 6.07. The van der Waals surface area contributed by atoms with Gasteiger partial charge in [-0.15, -0.1) is 0 Å². The molecule has 0 aliphatic rings. The Morgan fingerprint density at radius 1 is 1.39 bits per heavy atom. The summed E-state index contributed by atoms with van der Waals surface area (Å²) in [7, 11) is 3.44. The molecule has 0 radical (unpaired) electrons. The highest BCUT2D eigenvalue weighted by molar-refractivity contribution is 5.76. The lowest BCUT2D eigenvalue weighted by Crippen LogP contribution is -2.28. The molecule has 0 heterocycles. The summed E-state index contributed by atoms with van der Waals surface area (Å²) < 4.78 is 5.41. The Kier molecular flexibility index (Phi) is 5.16. The molecule has 1 rings (SSSR count). The number of ether oxygens (including phenoxy) is 1. The molecule has 4 heteroatoms. The van der Waals surface area contributed by atoms with Gasteiger partial charge in [-0.25, -0.2) is 0 Å². The Bertz CT molecular complexity index is 430. The molecule has 0 saturated heterocycles. The minimum atomic E-state index is 0.0544. The van der Waals surface area contributed by atoms with Crippen LogP contribution < -0.4 is 10.5 Å². The summed E-state index contributed by atoms with van der Waals surface area (Å²) in [5.74, 6) is 0.909. The van der Waals surface area contributed by atoms with E-state index in [1.807, 2.05) is 13.8 Å². The molecule has 0 atom stereocenters. The van der Waals surface area contributed by atoms with Crippen molar-refractivity contribution in [3.05, 3.63) is 28.8 Å². The molecule has 18 heavy (non-hydrogen) atoms. The van der Waals surface area contributed by atoms with E-state index in [0.717, 1.165) is 16.9 Å². The lowest BCUT2D eigenvalue weighted by molar-refractivity contribution is -0.130. The van der Waals surface area contributed by atoms with Gasteiger partial charge in [0.05, 0.1) is 7.11 Å². The molecule has 0 spiro atoms. The van der Waals surface area contributed by atoms with Crippen LogP contribution in [0.4, 0.5) is 0 Å². The molecule has 1 aromatic rings. The predicted molar refractivity (Wildman–Crippen MR) is 72.6 cm³/mol. The van der Waals surface area contributed by atoms with Gasteiger partial charge in [0.25, 0.3) is 0 Å². The number of nitrogens with zero attached hydrogens (tertiary/aromatic N) is 1. The zero-order valence-corrected chi connectivity index (χ0v) is 11.6. The van der Waals surface area contributed by atoms with Gasteiger partial charge in [-0.3, -0.25) is 4.79 Å². The Balaban J connectivity index is 2.93. The van der Waals surface area contributed by atoms with Gasteiger partial charge in [-0.05, 0) is 19.4 Å². The third-order valence-electron chi connectivity index (χ3n) is 2.89. The maximum atomic E-state index is 11.7. The van der Waals surface area contributed by atoms with Crippen molar-refractivity contribution in [2.45, 2.75) is 26.8 Å². The summed E-state index contributed by atoms with van der Waals surface area (Å²) >= 11 is 0. The van der Waals surface area contributed by atoms with Crippen LogP contribution in [0.2, 0.25) is 0 Å². The zero-order chi connectivity index (χ0) is 13.7. The van der Waals surface area contributed by atoms with Crippen LogP contribution in [0.1, 0.15) is 23.1 Å². The number of nitrogens with two attached hydrogens (primary N) is 1. The minimum absolute atomic E-state index is 0.0544. The number of benzene rings is 1. The number of carbonyl (C=O) groups is 1. The maximum Gasteiger partial charge on any atom is 0.223 e. The Morgan fingerprint density at radius 2 is 2.06 bits per heavy atom. The Hall–Kier alpha value is -1.55. The van der Waals surface area contributed by atoms with E-state index >= 15 is 0 Å². The van der Waals surface area contributed by atoms with Crippen molar-refractivity contribution in [1.29, 1.82) is 0 Å². The normalized spacial score (nSPS) is 10.3. The quantitative estimate of drug-likeness (QED) is 0.864. The fourth-order valence-electron chi connectivity index (χ4n) is 2.11. The molecule has 4 nitrogen and oxygen atoms in total. The third kappa shape index (κ3) is 3.47. The highest BCUT2D eigenvalue weighted by atomic mass is 16.5. The number of hydrogen-bond donors (Lipinski definition) is 1. The van der Waals surface area contributed by atoms with Crippen molar-refractivity contribution in [3.63, 3.8) is 0 Å². The van der Waals surface area contributed by atoms with Gasteiger partial charge in [-0.1, -0.05) is 17.7 Å². The molecular formula is C14H22N2O2. The van der Waals surface area contributed by atoms with Crippen LogP contribution in [0.25, 0.3) is 0 Å². The van der Waals surface area contributed by atoms with Gasteiger partial charge < -0.3 is 15.4 Å². The summed E-state index contributed by atoms with van der Waals surface area (Å²) in [4.78, 5) is 13.4. The Morgan fingerprint density at radius 3 is 2.61 bits per heavy atom. The molecule has 0 bridgehead atoms. The lowest BCUT2D eigenvalue weighted by atomic mass is 10.0. The van der Waals surface area contributed by atoms with Crippen LogP contribution in [0.3, 0.4) is 0 Å². The smallest absolute Gasteiger partial charge is 0.223 e. The topological polar surface area (TPSA) is 55.6 Å². The first-order valence-electron chi connectivity index (χ1n) is 6.07. The van der Waals surface area contributed by atoms with E-state index in [2.05, 4.69) is 12.1 Å². The second-order valence-corrected chi connectivity index (χ2v) is 4.56. The third-order valence-corrected chi connectivity index (χ3v) is 2.89. The Labute approximate surface area is 109 Å². The average molecular weight is 250 g/mol. The monoisotopic (exact) mass is 250 g/mol. The average Bonchev–Trinajstić information content (AvgIpc) is 2.28. The fraction of sp³-hybridized carbons (Fsp3) is 0.500. The molecule has 2 N–H and O–H groups in total. The van der Waals surface area contributed by atoms with Crippen LogP contribution in [0, 0.1) is 13.8 Å². The van der Waals surface area contributed by atoms with Crippen molar-refractivity contribution in [2.24, 2.45) is 5.73 Å². The summed E-state index contributed by atoms with van der Waals surface area (Å²) in [6, 6.07) is 4.13. The maximum absolute atomic E-state index is 11.7. The number of amides is 1. The summed E-state index contributed by atoms with van der Waals surface area (Å²) in [6.45, 7) is 4.98. The van der Waals surface area contributed by atoms with Crippen molar-refractivity contribution >= 4 is 5.91 Å². The van der Waals surface area contributed by atoms with E-state index < -0.39 is 0 Å². The van der Waals surface area contributed by atoms with Gasteiger partial charge in [0.2, 0.25) is 5.91 Å². The summed E-state index contributed by atoms with van der Waals surface area (Å²) in [5.41, 5.74) is 8.68. The second-order valence-electron chi connectivity index (χ2n) is 4.56. The number of carbonyl (C=O) groups excluding carboxylic acids is 1. The highest BCUT2D eigenvalue weighted by Crippen LogP contribution is 2.26. The van der Waals surface area contributed by atoms with Crippen LogP contribution >= 0.6 is 0 Å². The molecule has 0 saturated carbocycles. The van der Waals surface area contributed by atoms with Gasteiger partial charge >= 0.3 is 0 Å². The van der Waals surface area contributed by atoms with Gasteiger partial charge in [0.15, 0.2) is 0 Å². The van der Waals surface area contributed by atoms with Crippen molar-refractivity contribution in [1.82, 2.24) is 4.90 Å². The van der Waals surface area contributed by atoms with Crippen molar-refractivity contribution in [2.75, 3.05) is 20.7 Å². The van der Waals surface area contributed by atoms with Crippen LogP contribution in [0.15, 0.2) is 12.1 Å². The first kappa shape index (κ1) is 14.5.